The number of aromatic nitrogens is 2. The Hall–Kier alpha value is -1.40. The average Bonchev–Trinajstić information content (AvgIpc) is 2.28. The summed E-state index contributed by atoms with van der Waals surface area (Å²) in [6.45, 7) is 5.99. The molecule has 0 aliphatic carbocycles. The van der Waals surface area contributed by atoms with Gasteiger partial charge in [-0.25, -0.2) is 4.79 Å². The third-order valence-corrected chi connectivity index (χ3v) is 2.88. The summed E-state index contributed by atoms with van der Waals surface area (Å²) in [5.41, 5.74) is -0.364. The van der Waals surface area contributed by atoms with E-state index in [2.05, 4.69) is 4.98 Å². The first-order valence-corrected chi connectivity index (χ1v) is 5.63. The lowest BCUT2D eigenvalue weighted by Gasteiger charge is -2.42. The summed E-state index contributed by atoms with van der Waals surface area (Å²) < 4.78 is 12.4. The Bertz CT molecular complexity index is 519. The molecular weight excluding hydrogens is 224 g/mol. The molecule has 0 amide bonds. The second-order valence-corrected chi connectivity index (χ2v) is 4.13. The molecule has 0 saturated carbocycles. The van der Waals surface area contributed by atoms with Crippen LogP contribution in [0.15, 0.2) is 15.8 Å². The Morgan fingerprint density at radius 2 is 2.24 bits per heavy atom. The van der Waals surface area contributed by atoms with Crippen LogP contribution in [-0.4, -0.2) is 28.4 Å². The summed E-state index contributed by atoms with van der Waals surface area (Å²) in [6, 6.07) is 0. The van der Waals surface area contributed by atoms with Crippen LogP contribution in [0.2, 0.25) is 0 Å². The maximum Gasteiger partial charge on any atom is 0.330 e. The minimum absolute atomic E-state index is 0.0425. The highest BCUT2D eigenvalue weighted by atomic mass is 16.6. The van der Waals surface area contributed by atoms with Crippen molar-refractivity contribution >= 4 is 0 Å². The summed E-state index contributed by atoms with van der Waals surface area (Å²) in [6.07, 6.45) is 0.860. The van der Waals surface area contributed by atoms with Crippen LogP contribution < -0.4 is 11.2 Å². The average molecular weight is 240 g/mol. The fourth-order valence-electron chi connectivity index (χ4n) is 1.93. The zero-order chi connectivity index (χ0) is 12.6. The number of hydrogen-bond acceptors (Lipinski definition) is 4. The smallest absolute Gasteiger partial charge is 0.330 e. The van der Waals surface area contributed by atoms with E-state index in [1.165, 1.54) is 10.8 Å². The summed E-state index contributed by atoms with van der Waals surface area (Å²) in [5.74, 6) is 0. The minimum atomic E-state index is -0.470. The van der Waals surface area contributed by atoms with Gasteiger partial charge in [0.05, 0.1) is 6.10 Å². The van der Waals surface area contributed by atoms with Crippen LogP contribution in [0.3, 0.4) is 0 Å². The van der Waals surface area contributed by atoms with E-state index in [0.29, 0.717) is 12.2 Å². The fraction of sp³-hybridized carbons (Fsp3) is 0.636. The third kappa shape index (κ3) is 2.05. The second kappa shape index (κ2) is 4.46. The maximum absolute atomic E-state index is 11.7. The van der Waals surface area contributed by atoms with Gasteiger partial charge in [0.1, 0.15) is 6.10 Å². The molecule has 0 aromatic carbocycles. The van der Waals surface area contributed by atoms with E-state index >= 15 is 0 Å². The molecule has 0 spiro atoms. The number of aromatic amines is 1. The third-order valence-electron chi connectivity index (χ3n) is 2.88. The molecule has 1 saturated heterocycles. The number of ether oxygens (including phenoxy) is 2. The van der Waals surface area contributed by atoms with Gasteiger partial charge in [0.15, 0.2) is 6.23 Å². The Balaban J connectivity index is 2.32. The first kappa shape index (κ1) is 12.1. The molecule has 17 heavy (non-hydrogen) atoms. The van der Waals surface area contributed by atoms with E-state index in [9.17, 15) is 9.59 Å². The molecule has 6 nitrogen and oxygen atoms in total. The standard InChI is InChI=1S/C11H16N2O4/c1-4-16-8-7(3)17-10(8)13-5-6(2)9(14)12-11(13)15/h5,7-8,10H,4H2,1-3H3,(H,12,14,15)/t7?,8-,10+/m0/s1. The topological polar surface area (TPSA) is 73.3 Å². The molecular formula is C11H16N2O4. The highest BCUT2D eigenvalue weighted by Gasteiger charge is 2.42. The van der Waals surface area contributed by atoms with Crippen molar-refractivity contribution in [3.05, 3.63) is 32.6 Å². The molecule has 1 unspecified atom stereocenters. The van der Waals surface area contributed by atoms with Crippen molar-refractivity contribution in [3.63, 3.8) is 0 Å². The summed E-state index contributed by atoms with van der Waals surface area (Å²) in [5, 5.41) is 0. The fourth-order valence-corrected chi connectivity index (χ4v) is 1.93. The summed E-state index contributed by atoms with van der Waals surface area (Å²) in [7, 11) is 0. The normalized spacial score (nSPS) is 27.8. The lowest BCUT2D eigenvalue weighted by atomic mass is 10.1. The van der Waals surface area contributed by atoms with Gasteiger partial charge in [-0.05, 0) is 20.8 Å². The number of hydrogen-bond donors (Lipinski definition) is 1. The second-order valence-electron chi connectivity index (χ2n) is 4.13. The maximum atomic E-state index is 11.7. The van der Waals surface area contributed by atoms with Crippen molar-refractivity contribution in [1.29, 1.82) is 0 Å². The highest BCUT2D eigenvalue weighted by Crippen LogP contribution is 2.31. The van der Waals surface area contributed by atoms with Crippen molar-refractivity contribution in [2.24, 2.45) is 0 Å². The van der Waals surface area contributed by atoms with Crippen molar-refractivity contribution < 1.29 is 9.47 Å². The van der Waals surface area contributed by atoms with E-state index in [1.807, 2.05) is 13.8 Å². The molecule has 1 aliphatic rings. The molecule has 1 N–H and O–H groups in total. The van der Waals surface area contributed by atoms with Gasteiger partial charge in [0.25, 0.3) is 5.56 Å². The number of nitrogens with one attached hydrogen (secondary N) is 1. The van der Waals surface area contributed by atoms with Crippen LogP contribution in [0.5, 0.6) is 0 Å². The number of H-pyrrole nitrogens is 1. The van der Waals surface area contributed by atoms with Gasteiger partial charge in [-0.1, -0.05) is 0 Å². The summed E-state index contributed by atoms with van der Waals surface area (Å²) >= 11 is 0. The molecule has 6 heteroatoms. The molecule has 1 aromatic rings. The lowest BCUT2D eigenvalue weighted by molar-refractivity contribution is -0.266. The predicted molar refractivity (Wildman–Crippen MR) is 61.1 cm³/mol. The Labute approximate surface area is 98.2 Å². The first-order valence-electron chi connectivity index (χ1n) is 5.63. The summed E-state index contributed by atoms with van der Waals surface area (Å²) in [4.78, 5) is 25.2. The van der Waals surface area contributed by atoms with Gasteiger partial charge >= 0.3 is 5.69 Å². The van der Waals surface area contributed by atoms with Gasteiger partial charge in [-0.2, -0.15) is 0 Å². The molecule has 1 aliphatic heterocycles. The Morgan fingerprint density at radius 3 is 2.82 bits per heavy atom. The quantitative estimate of drug-likeness (QED) is 0.817. The Kier molecular flexibility index (Phi) is 3.17. The number of aryl methyl sites for hydroxylation is 1. The highest BCUT2D eigenvalue weighted by molar-refractivity contribution is 5.03. The SMILES string of the molecule is CCO[C@H]1C(C)O[C@H]1n1cc(C)c(=O)[nH]c1=O. The van der Waals surface area contributed by atoms with E-state index in [1.54, 1.807) is 6.92 Å². The van der Waals surface area contributed by atoms with Crippen LogP contribution in [0.25, 0.3) is 0 Å². The van der Waals surface area contributed by atoms with Crippen molar-refractivity contribution in [2.45, 2.75) is 39.2 Å². The largest absolute Gasteiger partial charge is 0.371 e. The van der Waals surface area contributed by atoms with E-state index in [4.69, 9.17) is 9.47 Å². The molecule has 2 heterocycles. The monoisotopic (exact) mass is 240 g/mol. The zero-order valence-electron chi connectivity index (χ0n) is 10.1. The van der Waals surface area contributed by atoms with Crippen molar-refractivity contribution in [1.82, 2.24) is 9.55 Å². The van der Waals surface area contributed by atoms with Crippen LogP contribution in [0, 0.1) is 6.92 Å². The molecule has 1 aromatic heterocycles. The Morgan fingerprint density at radius 1 is 1.53 bits per heavy atom. The molecule has 2 rings (SSSR count). The van der Waals surface area contributed by atoms with Gasteiger partial charge in [-0.3, -0.25) is 14.3 Å². The molecule has 94 valence electrons. The van der Waals surface area contributed by atoms with Crippen LogP contribution >= 0.6 is 0 Å². The van der Waals surface area contributed by atoms with Gasteiger partial charge in [0, 0.05) is 18.4 Å². The van der Waals surface area contributed by atoms with Gasteiger partial charge in [0.2, 0.25) is 0 Å². The van der Waals surface area contributed by atoms with Crippen molar-refractivity contribution in [2.75, 3.05) is 6.61 Å². The van der Waals surface area contributed by atoms with Crippen LogP contribution in [0.4, 0.5) is 0 Å². The molecule has 0 radical (unpaired) electrons. The molecule has 3 atom stereocenters. The predicted octanol–water partition coefficient (Wildman–Crippen LogP) is 0.167. The number of nitrogens with zero attached hydrogens (tertiary/aromatic N) is 1. The van der Waals surface area contributed by atoms with E-state index in [-0.39, 0.29) is 17.8 Å². The van der Waals surface area contributed by atoms with Crippen LogP contribution in [-0.2, 0) is 9.47 Å². The van der Waals surface area contributed by atoms with Crippen LogP contribution in [0.1, 0.15) is 25.6 Å². The van der Waals surface area contributed by atoms with E-state index < -0.39 is 11.9 Å². The number of rotatable bonds is 3. The minimum Gasteiger partial charge on any atom is -0.371 e. The first-order chi connectivity index (χ1) is 8.04. The molecule has 0 bridgehead atoms. The van der Waals surface area contributed by atoms with E-state index in [0.717, 1.165) is 0 Å². The van der Waals surface area contributed by atoms with Crippen molar-refractivity contribution in [3.8, 4) is 0 Å². The zero-order valence-corrected chi connectivity index (χ0v) is 10.1. The molecule has 1 fully saturated rings. The lowest BCUT2D eigenvalue weighted by Crippen LogP contribution is -2.53. The van der Waals surface area contributed by atoms with Gasteiger partial charge < -0.3 is 9.47 Å². The van der Waals surface area contributed by atoms with Gasteiger partial charge in [-0.15, -0.1) is 0 Å².